The number of nitrogens with zero attached hydrogens (tertiary/aromatic N) is 2. The minimum atomic E-state index is 0.505. The Morgan fingerprint density at radius 2 is 1.12 bits per heavy atom. The molecule has 0 spiro atoms. The van der Waals surface area contributed by atoms with Gasteiger partial charge in [0.1, 0.15) is 5.84 Å². The Balaban J connectivity index is 1.34. The summed E-state index contributed by atoms with van der Waals surface area (Å²) in [5.74, 6) is 0.796. The molecule has 0 saturated heterocycles. The summed E-state index contributed by atoms with van der Waals surface area (Å²) in [6, 6.07) is 60.0. The Morgan fingerprint density at radius 3 is 1.90 bits per heavy atom. The van der Waals surface area contributed by atoms with E-state index in [9.17, 15) is 0 Å². The van der Waals surface area contributed by atoms with Crippen LogP contribution in [0.5, 0.6) is 0 Å². The molecule has 1 aromatic heterocycles. The molecule has 49 heavy (non-hydrogen) atoms. The Bertz CT molecular complexity index is 2720. The van der Waals surface area contributed by atoms with Gasteiger partial charge in [-0.2, -0.15) is 0 Å². The highest BCUT2D eigenvalue weighted by Gasteiger charge is 2.21. The van der Waals surface area contributed by atoms with E-state index in [-0.39, 0.29) is 0 Å². The van der Waals surface area contributed by atoms with E-state index >= 15 is 0 Å². The number of fused-ring (bicyclic) bond motifs is 10. The Labute approximate surface area is 284 Å². The Morgan fingerprint density at radius 1 is 0.510 bits per heavy atom. The topological polar surface area (TPSA) is 43.3 Å². The normalized spacial score (nSPS) is 12.5. The van der Waals surface area contributed by atoms with Crippen LogP contribution in [0.2, 0.25) is 0 Å². The summed E-state index contributed by atoms with van der Waals surface area (Å²) >= 11 is 0. The summed E-state index contributed by atoms with van der Waals surface area (Å²) < 4.78 is 2.34. The van der Waals surface area contributed by atoms with Crippen molar-refractivity contribution < 1.29 is 0 Å². The summed E-state index contributed by atoms with van der Waals surface area (Å²) in [5.41, 5.74) is 14.3. The fourth-order valence-corrected chi connectivity index (χ4v) is 7.32. The van der Waals surface area contributed by atoms with Gasteiger partial charge in [-0.15, -0.1) is 0 Å². The van der Waals surface area contributed by atoms with Crippen LogP contribution >= 0.6 is 0 Å². The van der Waals surface area contributed by atoms with Gasteiger partial charge in [-0.3, -0.25) is 9.56 Å². The minimum absolute atomic E-state index is 0.505. The van der Waals surface area contributed by atoms with Crippen LogP contribution < -0.4 is 5.73 Å². The molecular formula is C46H33N3. The predicted molar refractivity (Wildman–Crippen MR) is 209 cm³/mol. The Kier molecular flexibility index (Phi) is 7.02. The molecule has 0 bridgehead atoms. The smallest absolute Gasteiger partial charge is 0.135 e. The van der Waals surface area contributed by atoms with Crippen molar-refractivity contribution in [2.24, 2.45) is 10.7 Å². The minimum Gasteiger partial charge on any atom is -0.398 e. The van der Waals surface area contributed by atoms with Gasteiger partial charge in [-0.05, 0) is 49.9 Å². The number of nitrogens with two attached hydrogens (primary N) is 1. The largest absolute Gasteiger partial charge is 0.398 e. The van der Waals surface area contributed by atoms with Crippen molar-refractivity contribution in [2.75, 3.05) is 0 Å². The number of allylic oxidation sites excluding steroid dienone is 1. The molecule has 1 heterocycles. The van der Waals surface area contributed by atoms with E-state index < -0.39 is 0 Å². The van der Waals surface area contributed by atoms with Gasteiger partial charge < -0.3 is 5.73 Å². The van der Waals surface area contributed by atoms with Crippen molar-refractivity contribution in [2.45, 2.75) is 6.54 Å². The molecule has 0 amide bonds. The highest BCUT2D eigenvalue weighted by molar-refractivity contribution is 6.38. The first kappa shape index (κ1) is 28.7. The highest BCUT2D eigenvalue weighted by Crippen LogP contribution is 2.43. The van der Waals surface area contributed by atoms with Crippen LogP contribution in [0.3, 0.4) is 0 Å². The average Bonchev–Trinajstić information content (AvgIpc) is 3.52. The summed E-state index contributed by atoms with van der Waals surface area (Å²) in [6.07, 6.45) is 2.04. The van der Waals surface area contributed by atoms with Gasteiger partial charge in [0.25, 0.3) is 0 Å². The maximum atomic E-state index is 6.89. The van der Waals surface area contributed by atoms with E-state index in [1.165, 1.54) is 54.2 Å². The van der Waals surface area contributed by atoms with Crippen molar-refractivity contribution >= 4 is 65.7 Å². The molecule has 0 atom stereocenters. The third kappa shape index (κ3) is 4.95. The van der Waals surface area contributed by atoms with E-state index in [4.69, 9.17) is 10.7 Å². The van der Waals surface area contributed by atoms with E-state index in [0.717, 1.165) is 28.0 Å². The lowest BCUT2D eigenvalue weighted by molar-refractivity contribution is 1.05. The molecule has 0 saturated carbocycles. The number of aromatic nitrogens is 1. The molecule has 0 radical (unpaired) electrons. The standard InChI is InChI=1S/C46H33N3/c47-41(35-16-5-2-6-17-35)29-43(48-30-31-23-25-33(26-24-31)32-13-3-1-4-14-32)49-42-22-12-11-21-40(42)45-44-36-18-8-7-15-34(36)27-28-38(44)37-19-9-10-20-39(37)46(45)49/h1-29H,30,47H2/b41-29-,48-43+. The van der Waals surface area contributed by atoms with Crippen molar-refractivity contribution in [1.29, 1.82) is 0 Å². The third-order valence-electron chi connectivity index (χ3n) is 9.63. The number of benzene rings is 8. The van der Waals surface area contributed by atoms with Crippen LogP contribution in [0.25, 0.3) is 70.9 Å². The summed E-state index contributed by atoms with van der Waals surface area (Å²) in [4.78, 5) is 5.38. The maximum Gasteiger partial charge on any atom is 0.135 e. The first-order valence-corrected chi connectivity index (χ1v) is 16.7. The fraction of sp³-hybridized carbons (Fsp3) is 0.0217. The third-order valence-corrected chi connectivity index (χ3v) is 9.63. The summed E-state index contributed by atoms with van der Waals surface area (Å²) in [5, 5.41) is 9.81. The van der Waals surface area contributed by atoms with Gasteiger partial charge >= 0.3 is 0 Å². The number of hydrogen-bond donors (Lipinski definition) is 1. The second kappa shape index (κ2) is 12.0. The zero-order chi connectivity index (χ0) is 32.7. The molecule has 3 heteroatoms. The van der Waals surface area contributed by atoms with Crippen LogP contribution in [0.4, 0.5) is 0 Å². The lowest BCUT2D eigenvalue weighted by atomic mass is 9.93. The van der Waals surface area contributed by atoms with Gasteiger partial charge in [0, 0.05) is 33.3 Å². The SMILES string of the molecule is N/C(=C\C(=N/Cc1ccc(-c2ccccc2)cc1)n1c2ccccc2c2c3c4ccccc4ccc3c3ccccc3c21)c1ccccc1. The fourth-order valence-electron chi connectivity index (χ4n) is 7.32. The lowest BCUT2D eigenvalue weighted by Gasteiger charge is -2.14. The molecule has 9 rings (SSSR count). The van der Waals surface area contributed by atoms with Crippen molar-refractivity contribution in [1.82, 2.24) is 4.57 Å². The van der Waals surface area contributed by atoms with Crippen LogP contribution in [-0.4, -0.2) is 10.4 Å². The number of aliphatic imine (C=N–C) groups is 1. The Hall–Kier alpha value is -6.45. The molecule has 2 N–H and O–H groups in total. The van der Waals surface area contributed by atoms with Crippen molar-refractivity contribution in [3.8, 4) is 11.1 Å². The molecule has 8 aromatic carbocycles. The van der Waals surface area contributed by atoms with Gasteiger partial charge in [0.05, 0.1) is 17.6 Å². The van der Waals surface area contributed by atoms with Gasteiger partial charge in [0.15, 0.2) is 0 Å². The molecule has 0 aliphatic heterocycles. The van der Waals surface area contributed by atoms with Crippen LogP contribution in [0.15, 0.2) is 181 Å². The second-order valence-electron chi connectivity index (χ2n) is 12.5. The van der Waals surface area contributed by atoms with Crippen LogP contribution in [0, 0.1) is 0 Å². The summed E-state index contributed by atoms with van der Waals surface area (Å²) in [6.45, 7) is 0.505. The zero-order valence-electron chi connectivity index (χ0n) is 26.9. The molecule has 0 aliphatic rings. The van der Waals surface area contributed by atoms with Crippen LogP contribution in [0.1, 0.15) is 11.1 Å². The van der Waals surface area contributed by atoms with Gasteiger partial charge in [-0.1, -0.05) is 164 Å². The van der Waals surface area contributed by atoms with E-state index in [1.54, 1.807) is 0 Å². The van der Waals surface area contributed by atoms with E-state index in [0.29, 0.717) is 12.2 Å². The molecule has 232 valence electrons. The molecular weight excluding hydrogens is 595 g/mol. The number of hydrogen-bond acceptors (Lipinski definition) is 2. The van der Waals surface area contributed by atoms with Gasteiger partial charge in [-0.25, -0.2) is 0 Å². The molecule has 3 nitrogen and oxygen atoms in total. The number of rotatable bonds is 5. The quantitative estimate of drug-likeness (QED) is 0.115. The predicted octanol–water partition coefficient (Wildman–Crippen LogP) is 11.4. The first-order chi connectivity index (χ1) is 24.2. The summed E-state index contributed by atoms with van der Waals surface area (Å²) in [7, 11) is 0. The average molecular weight is 628 g/mol. The van der Waals surface area contributed by atoms with Crippen molar-refractivity contribution in [3.05, 3.63) is 187 Å². The van der Waals surface area contributed by atoms with E-state index in [1.807, 2.05) is 42.5 Å². The molecule has 0 fully saturated rings. The monoisotopic (exact) mass is 627 g/mol. The number of para-hydroxylation sites is 1. The highest BCUT2D eigenvalue weighted by atomic mass is 15.1. The second-order valence-corrected chi connectivity index (χ2v) is 12.5. The lowest BCUT2D eigenvalue weighted by Crippen LogP contribution is -2.12. The van der Waals surface area contributed by atoms with Crippen molar-refractivity contribution in [3.63, 3.8) is 0 Å². The zero-order valence-corrected chi connectivity index (χ0v) is 26.9. The molecule has 0 aliphatic carbocycles. The molecule has 0 unspecified atom stereocenters. The molecule has 9 aromatic rings. The van der Waals surface area contributed by atoms with Gasteiger partial charge in [0.2, 0.25) is 0 Å². The first-order valence-electron chi connectivity index (χ1n) is 16.7. The van der Waals surface area contributed by atoms with E-state index in [2.05, 4.69) is 138 Å². The van der Waals surface area contributed by atoms with Crippen LogP contribution in [-0.2, 0) is 6.54 Å². The maximum absolute atomic E-state index is 6.89.